The molecule has 0 saturated carbocycles. The Labute approximate surface area is 212 Å². The Balaban J connectivity index is 1.21. The summed E-state index contributed by atoms with van der Waals surface area (Å²) in [6.07, 6.45) is 3.70. The van der Waals surface area contributed by atoms with E-state index in [1.165, 1.54) is 11.3 Å². The Bertz CT molecular complexity index is 1350. The Morgan fingerprint density at radius 1 is 0.972 bits per heavy atom. The van der Waals surface area contributed by atoms with Gasteiger partial charge in [0.05, 0.1) is 5.56 Å². The van der Waals surface area contributed by atoms with Gasteiger partial charge in [0.25, 0.3) is 5.91 Å². The van der Waals surface area contributed by atoms with E-state index in [2.05, 4.69) is 20.6 Å². The third-order valence-electron chi connectivity index (χ3n) is 6.23. The maximum absolute atomic E-state index is 13.1. The van der Waals surface area contributed by atoms with Gasteiger partial charge < -0.3 is 25.4 Å². The highest BCUT2D eigenvalue weighted by Gasteiger charge is 2.29. The molecule has 0 spiro atoms. The highest BCUT2D eigenvalue weighted by atomic mass is 32.1. The van der Waals surface area contributed by atoms with Gasteiger partial charge in [0.1, 0.15) is 6.04 Å². The molecule has 1 aliphatic heterocycles. The average molecular weight is 503 g/mol. The van der Waals surface area contributed by atoms with Crippen molar-refractivity contribution in [2.45, 2.75) is 12.5 Å². The lowest BCUT2D eigenvalue weighted by molar-refractivity contribution is -0.118. The molecule has 4 aromatic rings. The number of H-pyrrole nitrogens is 1. The number of piperazine rings is 1. The molecule has 1 fully saturated rings. The van der Waals surface area contributed by atoms with Crippen LogP contribution in [-0.4, -0.2) is 69.8 Å². The number of amides is 4. The third kappa shape index (κ3) is 5.23. The van der Waals surface area contributed by atoms with Crippen molar-refractivity contribution in [1.29, 1.82) is 0 Å². The van der Waals surface area contributed by atoms with Gasteiger partial charge in [-0.15, -0.1) is 11.3 Å². The zero-order chi connectivity index (χ0) is 24.9. The molecule has 2 aromatic carbocycles. The lowest BCUT2D eigenvalue weighted by Crippen LogP contribution is -2.56. The van der Waals surface area contributed by atoms with Gasteiger partial charge in [0.15, 0.2) is 5.13 Å². The van der Waals surface area contributed by atoms with E-state index in [0.29, 0.717) is 43.3 Å². The minimum absolute atomic E-state index is 0.0581. The van der Waals surface area contributed by atoms with Crippen molar-refractivity contribution in [2.24, 2.45) is 0 Å². The van der Waals surface area contributed by atoms with Crippen molar-refractivity contribution in [1.82, 2.24) is 25.1 Å². The van der Waals surface area contributed by atoms with Crippen molar-refractivity contribution in [3.05, 3.63) is 83.5 Å². The van der Waals surface area contributed by atoms with Crippen LogP contribution in [0.5, 0.6) is 0 Å². The van der Waals surface area contributed by atoms with Crippen molar-refractivity contribution in [2.75, 3.05) is 31.5 Å². The van der Waals surface area contributed by atoms with Gasteiger partial charge in [-0.25, -0.2) is 9.78 Å². The second-order valence-electron chi connectivity index (χ2n) is 8.55. The van der Waals surface area contributed by atoms with Gasteiger partial charge in [-0.1, -0.05) is 48.5 Å². The van der Waals surface area contributed by atoms with Crippen LogP contribution in [-0.2, 0) is 11.2 Å². The number of benzene rings is 2. The Morgan fingerprint density at radius 3 is 2.44 bits per heavy atom. The van der Waals surface area contributed by atoms with Crippen LogP contribution in [0.1, 0.15) is 15.9 Å². The van der Waals surface area contributed by atoms with Crippen LogP contribution in [0.4, 0.5) is 9.93 Å². The zero-order valence-corrected chi connectivity index (χ0v) is 20.3. The van der Waals surface area contributed by atoms with E-state index in [0.717, 1.165) is 16.5 Å². The van der Waals surface area contributed by atoms with Crippen LogP contribution in [0.3, 0.4) is 0 Å². The number of carbonyl (C=O) groups excluding carboxylic acids is 3. The molecule has 1 saturated heterocycles. The number of fused-ring (bicyclic) bond motifs is 1. The van der Waals surface area contributed by atoms with Gasteiger partial charge >= 0.3 is 6.03 Å². The SMILES string of the molecule is O=C(Nc1nccs1)[C@@H](Cc1ccccc1)NC(=O)N1CCN(C(=O)c2c[nH]c3ccccc23)CC1. The smallest absolute Gasteiger partial charge is 0.318 e. The molecule has 1 aliphatic rings. The van der Waals surface area contributed by atoms with Crippen LogP contribution in [0.25, 0.3) is 10.9 Å². The minimum atomic E-state index is -0.769. The molecule has 3 N–H and O–H groups in total. The summed E-state index contributed by atoms with van der Waals surface area (Å²) in [7, 11) is 0. The monoisotopic (exact) mass is 502 g/mol. The summed E-state index contributed by atoms with van der Waals surface area (Å²) in [4.78, 5) is 49.8. The number of rotatable bonds is 6. The first kappa shape index (κ1) is 23.6. The fraction of sp³-hybridized carbons (Fsp3) is 0.231. The maximum Gasteiger partial charge on any atom is 0.318 e. The fourth-order valence-electron chi connectivity index (χ4n) is 4.31. The number of hydrogen-bond acceptors (Lipinski definition) is 5. The zero-order valence-electron chi connectivity index (χ0n) is 19.5. The number of nitrogens with zero attached hydrogens (tertiary/aromatic N) is 3. The van der Waals surface area contributed by atoms with E-state index >= 15 is 0 Å². The topological polar surface area (TPSA) is 110 Å². The molecular formula is C26H26N6O3S. The van der Waals surface area contributed by atoms with Crippen LogP contribution >= 0.6 is 11.3 Å². The van der Waals surface area contributed by atoms with Crippen LogP contribution in [0, 0.1) is 0 Å². The number of carbonyl (C=O) groups is 3. The van der Waals surface area contributed by atoms with E-state index in [4.69, 9.17) is 0 Å². The van der Waals surface area contributed by atoms with E-state index in [-0.39, 0.29) is 17.8 Å². The van der Waals surface area contributed by atoms with Crippen molar-refractivity contribution < 1.29 is 14.4 Å². The molecular weight excluding hydrogens is 476 g/mol. The largest absolute Gasteiger partial charge is 0.360 e. The van der Waals surface area contributed by atoms with E-state index < -0.39 is 6.04 Å². The van der Waals surface area contributed by atoms with E-state index in [1.807, 2.05) is 54.6 Å². The van der Waals surface area contributed by atoms with Crippen LogP contribution in [0.2, 0.25) is 0 Å². The molecule has 0 radical (unpaired) electrons. The molecule has 4 amide bonds. The number of aromatic amines is 1. The predicted molar refractivity (Wildman–Crippen MR) is 139 cm³/mol. The van der Waals surface area contributed by atoms with E-state index in [1.54, 1.807) is 27.6 Å². The van der Waals surface area contributed by atoms with Crippen LogP contribution < -0.4 is 10.6 Å². The predicted octanol–water partition coefficient (Wildman–Crippen LogP) is 3.34. The molecule has 184 valence electrons. The first-order valence-electron chi connectivity index (χ1n) is 11.7. The second kappa shape index (κ2) is 10.6. The number of thiazole rings is 1. The van der Waals surface area contributed by atoms with Gasteiger partial charge in [-0.2, -0.15) is 0 Å². The van der Waals surface area contributed by atoms with Crippen molar-refractivity contribution in [3.8, 4) is 0 Å². The summed E-state index contributed by atoms with van der Waals surface area (Å²) < 4.78 is 0. The molecule has 5 rings (SSSR count). The normalized spacial score (nSPS) is 14.4. The highest BCUT2D eigenvalue weighted by molar-refractivity contribution is 7.13. The standard InChI is InChI=1S/C26H26N6O3S/c33-23(30-25-27-10-15-36-25)22(16-18-6-2-1-3-7-18)29-26(35)32-13-11-31(12-14-32)24(34)20-17-28-21-9-5-4-8-19(20)21/h1-10,15,17,22,28H,11-14,16H2,(H,29,35)(H,27,30,33)/t22-/m1/s1. The Kier molecular flexibility index (Phi) is 6.94. The summed E-state index contributed by atoms with van der Waals surface area (Å²) in [5.74, 6) is -0.382. The van der Waals surface area contributed by atoms with Gasteiger partial charge in [0, 0.05) is 61.3 Å². The van der Waals surface area contributed by atoms with Crippen molar-refractivity contribution >= 4 is 45.2 Å². The molecule has 36 heavy (non-hydrogen) atoms. The number of aromatic nitrogens is 2. The maximum atomic E-state index is 13.1. The summed E-state index contributed by atoms with van der Waals surface area (Å²) >= 11 is 1.32. The number of urea groups is 1. The minimum Gasteiger partial charge on any atom is -0.360 e. The van der Waals surface area contributed by atoms with Gasteiger partial charge in [-0.3, -0.25) is 9.59 Å². The third-order valence-corrected chi connectivity index (χ3v) is 6.92. The lowest BCUT2D eigenvalue weighted by atomic mass is 10.1. The first-order valence-corrected chi connectivity index (χ1v) is 12.6. The highest BCUT2D eigenvalue weighted by Crippen LogP contribution is 2.20. The van der Waals surface area contributed by atoms with Gasteiger partial charge in [0.2, 0.25) is 5.91 Å². The molecule has 0 unspecified atom stereocenters. The molecule has 0 bridgehead atoms. The summed E-state index contributed by atoms with van der Waals surface area (Å²) in [5, 5.41) is 8.81. The molecule has 0 aliphatic carbocycles. The van der Waals surface area contributed by atoms with E-state index in [9.17, 15) is 14.4 Å². The fourth-order valence-corrected chi connectivity index (χ4v) is 4.84. The first-order chi connectivity index (χ1) is 17.6. The quantitative estimate of drug-likeness (QED) is 0.376. The molecule has 10 heteroatoms. The summed E-state index contributed by atoms with van der Waals surface area (Å²) in [5.41, 5.74) is 2.48. The molecule has 2 aromatic heterocycles. The van der Waals surface area contributed by atoms with Crippen LogP contribution in [0.15, 0.2) is 72.4 Å². The number of anilines is 1. The molecule has 9 nitrogen and oxygen atoms in total. The summed E-state index contributed by atoms with van der Waals surface area (Å²) in [6, 6.07) is 16.1. The second-order valence-corrected chi connectivity index (χ2v) is 9.44. The number of para-hydroxylation sites is 1. The van der Waals surface area contributed by atoms with Crippen molar-refractivity contribution in [3.63, 3.8) is 0 Å². The van der Waals surface area contributed by atoms with Gasteiger partial charge in [-0.05, 0) is 11.6 Å². The number of nitrogens with one attached hydrogen (secondary N) is 3. The Hall–Kier alpha value is -4.18. The summed E-state index contributed by atoms with van der Waals surface area (Å²) in [6.45, 7) is 1.60. The average Bonchev–Trinajstić information content (AvgIpc) is 3.58. The Morgan fingerprint density at radius 2 is 1.69 bits per heavy atom. The lowest BCUT2D eigenvalue weighted by Gasteiger charge is -2.35. The number of hydrogen-bond donors (Lipinski definition) is 3. The molecule has 3 heterocycles. The molecule has 1 atom stereocenters.